The molecule has 0 aliphatic carbocycles. The van der Waals surface area contributed by atoms with Crippen LogP contribution in [0.4, 0.5) is 0 Å². The quantitative estimate of drug-likeness (QED) is 0.140. The van der Waals surface area contributed by atoms with Crippen LogP contribution in [0.3, 0.4) is 0 Å². The predicted molar refractivity (Wildman–Crippen MR) is 150 cm³/mol. The van der Waals surface area contributed by atoms with E-state index in [2.05, 4.69) is 15.6 Å². The number of nitrogens with one attached hydrogen (secondary N) is 1. The molecule has 1 N–H and O–H groups in total. The van der Waals surface area contributed by atoms with E-state index in [-0.39, 0.29) is 36.1 Å². The maximum atomic E-state index is 12.2. The van der Waals surface area contributed by atoms with Gasteiger partial charge >= 0.3 is 0 Å². The molecule has 0 unspecified atom stereocenters. The molecule has 230 valence electrons. The average molecular weight is 597 g/mol. The fourth-order valence-corrected chi connectivity index (χ4v) is 4.27. The van der Waals surface area contributed by atoms with Gasteiger partial charge in [-0.25, -0.2) is 4.68 Å². The van der Waals surface area contributed by atoms with Crippen LogP contribution in [-0.4, -0.2) is 100 Å². The summed E-state index contributed by atoms with van der Waals surface area (Å²) in [4.78, 5) is 61.1. The van der Waals surface area contributed by atoms with Gasteiger partial charge in [0, 0.05) is 43.6 Å². The summed E-state index contributed by atoms with van der Waals surface area (Å²) in [5, 5.41) is 10.9. The zero-order valence-corrected chi connectivity index (χ0v) is 23.9. The first-order chi connectivity index (χ1) is 20.9. The first kappa shape index (κ1) is 31.5. The lowest BCUT2D eigenvalue weighted by Crippen LogP contribution is -2.47. The average Bonchev–Trinajstić information content (AvgIpc) is 3.59. The Balaban J connectivity index is 0.958. The van der Waals surface area contributed by atoms with Crippen molar-refractivity contribution < 1.29 is 38.2 Å². The summed E-state index contributed by atoms with van der Waals surface area (Å²) in [6, 6.07) is 6.67. The minimum Gasteiger partial charge on any atom is -0.491 e. The lowest BCUT2D eigenvalue weighted by atomic mass is 10.1. The number of carbonyl (C=O) groups is 5. The number of hydrogen-bond acceptors (Lipinski definition) is 10. The molecule has 0 atom stereocenters. The van der Waals surface area contributed by atoms with Crippen LogP contribution in [0.5, 0.6) is 5.75 Å². The van der Waals surface area contributed by atoms with Gasteiger partial charge in [0.05, 0.1) is 45.7 Å². The molecule has 0 spiro atoms. The van der Waals surface area contributed by atoms with E-state index in [1.54, 1.807) is 35.1 Å². The number of aromatic nitrogens is 3. The van der Waals surface area contributed by atoms with Gasteiger partial charge in [0.15, 0.2) is 0 Å². The number of unbranched alkanes of at least 4 members (excludes halogenated alkanes) is 2. The molecule has 1 aromatic carbocycles. The summed E-state index contributed by atoms with van der Waals surface area (Å²) in [7, 11) is 0. The molecule has 0 radical (unpaired) electrons. The molecule has 5 amide bonds. The van der Waals surface area contributed by atoms with Gasteiger partial charge in [-0.15, -0.1) is 5.10 Å². The SMILES string of the molecule is O=C(CCCCCN1C(=O)C=CC1=O)NCc1cn(CCOCCOCCOc2ccc(C(=O)N3CCC3=O)cc2)nn1. The van der Waals surface area contributed by atoms with Crippen LogP contribution in [0.25, 0.3) is 0 Å². The normalized spacial score (nSPS) is 14.4. The topological polar surface area (TPSA) is 162 Å². The number of β-lactam (4-membered cyclic amide) rings is 1. The summed E-state index contributed by atoms with van der Waals surface area (Å²) < 4.78 is 18.3. The molecule has 2 aliphatic heterocycles. The van der Waals surface area contributed by atoms with Gasteiger partial charge in [0.1, 0.15) is 18.1 Å². The number of amides is 5. The van der Waals surface area contributed by atoms with Crippen molar-refractivity contribution in [3.05, 3.63) is 53.9 Å². The second-order valence-electron chi connectivity index (χ2n) is 9.92. The summed E-state index contributed by atoms with van der Waals surface area (Å²) in [5.41, 5.74) is 1.09. The smallest absolute Gasteiger partial charge is 0.260 e. The van der Waals surface area contributed by atoms with Crippen molar-refractivity contribution >= 4 is 29.5 Å². The second kappa shape index (κ2) is 16.3. The molecule has 14 nitrogen and oxygen atoms in total. The van der Waals surface area contributed by atoms with E-state index in [4.69, 9.17) is 14.2 Å². The van der Waals surface area contributed by atoms with Crippen molar-refractivity contribution in [3.63, 3.8) is 0 Å². The zero-order chi connectivity index (χ0) is 30.4. The number of imide groups is 2. The van der Waals surface area contributed by atoms with Crippen molar-refractivity contribution in [2.24, 2.45) is 0 Å². The Morgan fingerprint density at radius 3 is 2.28 bits per heavy atom. The third-order valence-corrected chi connectivity index (χ3v) is 6.77. The van der Waals surface area contributed by atoms with E-state index < -0.39 is 0 Å². The number of carbonyl (C=O) groups excluding carboxylic acids is 5. The summed E-state index contributed by atoms with van der Waals surface area (Å²) >= 11 is 0. The Bertz CT molecular complexity index is 1290. The molecule has 1 fully saturated rings. The van der Waals surface area contributed by atoms with Crippen LogP contribution in [0.2, 0.25) is 0 Å². The first-order valence-corrected chi connectivity index (χ1v) is 14.3. The van der Waals surface area contributed by atoms with Crippen LogP contribution < -0.4 is 10.1 Å². The van der Waals surface area contributed by atoms with Crippen molar-refractivity contribution in [2.75, 3.05) is 46.1 Å². The highest BCUT2D eigenvalue weighted by molar-refractivity contribution is 6.12. The number of nitrogens with zero attached hydrogens (tertiary/aromatic N) is 5. The van der Waals surface area contributed by atoms with E-state index in [1.165, 1.54) is 22.0 Å². The number of likely N-dealkylation sites (tertiary alicyclic amines) is 1. The van der Waals surface area contributed by atoms with E-state index in [0.29, 0.717) is 95.4 Å². The molecule has 14 heteroatoms. The molecule has 1 aromatic heterocycles. The molecule has 4 rings (SSSR count). The van der Waals surface area contributed by atoms with Gasteiger partial charge in [-0.3, -0.25) is 33.8 Å². The molecule has 0 saturated carbocycles. The monoisotopic (exact) mass is 596 g/mol. The van der Waals surface area contributed by atoms with Crippen LogP contribution >= 0.6 is 0 Å². The number of hydrogen-bond donors (Lipinski definition) is 1. The van der Waals surface area contributed by atoms with Crippen LogP contribution in [0.1, 0.15) is 48.2 Å². The molecule has 1 saturated heterocycles. The zero-order valence-electron chi connectivity index (χ0n) is 23.9. The van der Waals surface area contributed by atoms with E-state index in [9.17, 15) is 24.0 Å². The fraction of sp³-hybridized carbons (Fsp3) is 0.483. The van der Waals surface area contributed by atoms with Crippen molar-refractivity contribution in [1.82, 2.24) is 30.1 Å². The molecule has 0 bridgehead atoms. The lowest BCUT2D eigenvalue weighted by molar-refractivity contribution is -0.137. The number of benzene rings is 1. The Hall–Kier alpha value is -4.43. The Kier molecular flexibility index (Phi) is 11.9. The fourth-order valence-electron chi connectivity index (χ4n) is 4.27. The van der Waals surface area contributed by atoms with Crippen molar-refractivity contribution in [2.45, 2.75) is 45.2 Å². The highest BCUT2D eigenvalue weighted by Crippen LogP contribution is 2.17. The third-order valence-electron chi connectivity index (χ3n) is 6.77. The third kappa shape index (κ3) is 9.82. The standard InChI is InChI=1S/C29H36N6O8/c36-25(4-2-1-3-12-34-26(37)9-10-27(34)38)30-20-23-21-33(32-31-23)14-15-41-16-17-42-18-19-43-24-7-5-22(6-8-24)29(40)35-13-11-28(35)39/h5-10,21H,1-4,11-20H2,(H,30,36). The largest absolute Gasteiger partial charge is 0.491 e. The number of ether oxygens (including phenoxy) is 3. The molecular formula is C29H36N6O8. The van der Waals surface area contributed by atoms with Gasteiger partial charge in [0.25, 0.3) is 17.7 Å². The number of rotatable bonds is 19. The maximum absolute atomic E-state index is 12.2. The molecular weight excluding hydrogens is 560 g/mol. The second-order valence-corrected chi connectivity index (χ2v) is 9.92. The van der Waals surface area contributed by atoms with E-state index >= 15 is 0 Å². The minimum absolute atomic E-state index is 0.0935. The first-order valence-electron chi connectivity index (χ1n) is 14.3. The molecule has 2 aromatic rings. The van der Waals surface area contributed by atoms with E-state index in [1.807, 2.05) is 0 Å². The predicted octanol–water partition coefficient (Wildman–Crippen LogP) is 0.864. The van der Waals surface area contributed by atoms with Gasteiger partial charge in [-0.05, 0) is 37.1 Å². The highest BCUT2D eigenvalue weighted by Gasteiger charge is 2.30. The summed E-state index contributed by atoms with van der Waals surface area (Å²) in [6.45, 7) is 3.58. The van der Waals surface area contributed by atoms with Gasteiger partial charge in [0.2, 0.25) is 11.8 Å². The van der Waals surface area contributed by atoms with Crippen molar-refractivity contribution in [1.29, 1.82) is 0 Å². The summed E-state index contributed by atoms with van der Waals surface area (Å²) in [6.07, 6.45) is 7.13. The Labute approximate surface area is 248 Å². The molecule has 3 heterocycles. The lowest BCUT2D eigenvalue weighted by Gasteiger charge is -2.28. The maximum Gasteiger partial charge on any atom is 0.260 e. The van der Waals surface area contributed by atoms with Gasteiger partial charge in [-0.2, -0.15) is 0 Å². The van der Waals surface area contributed by atoms with Crippen LogP contribution in [0, 0.1) is 0 Å². The Morgan fingerprint density at radius 2 is 1.58 bits per heavy atom. The summed E-state index contributed by atoms with van der Waals surface area (Å²) in [5.74, 6) is -0.483. The van der Waals surface area contributed by atoms with Crippen molar-refractivity contribution in [3.8, 4) is 5.75 Å². The van der Waals surface area contributed by atoms with Gasteiger partial charge < -0.3 is 19.5 Å². The molecule has 43 heavy (non-hydrogen) atoms. The van der Waals surface area contributed by atoms with Crippen LogP contribution in [-0.2, 0) is 41.7 Å². The minimum atomic E-state index is -0.285. The Morgan fingerprint density at radius 1 is 0.860 bits per heavy atom. The molecule has 2 aliphatic rings. The highest BCUT2D eigenvalue weighted by atomic mass is 16.5. The van der Waals surface area contributed by atoms with Gasteiger partial charge in [-0.1, -0.05) is 11.6 Å². The van der Waals surface area contributed by atoms with E-state index in [0.717, 1.165) is 6.42 Å². The van der Waals surface area contributed by atoms with Crippen LogP contribution in [0.15, 0.2) is 42.6 Å².